The first-order valence-electron chi connectivity index (χ1n) is 10.6. The standard InChI is InChI=1S/C21H26BrN5O7S.ClH/c1-10(2)23-5-15-26-20(34-27-15)12-9-35-8-11-13(28)4-14(32-3)19(22)18(11)21(31)33-7-17(30)24-6-16(29)25-12;/h4,10,12,23,28H,5-9H2,1-3H3,(H,24,30)(H,25,29);1H/t12-;/m0./s1. The summed E-state index contributed by atoms with van der Waals surface area (Å²) in [4.78, 5) is 41.7. The minimum atomic E-state index is -0.825. The van der Waals surface area contributed by atoms with Crippen LogP contribution < -0.4 is 20.7 Å². The van der Waals surface area contributed by atoms with E-state index in [1.807, 2.05) is 13.8 Å². The molecule has 1 aliphatic rings. The van der Waals surface area contributed by atoms with E-state index in [-0.39, 0.29) is 69.5 Å². The monoisotopic (exact) mass is 607 g/mol. The number of carbonyl (C=O) groups is 3. The molecule has 0 unspecified atom stereocenters. The smallest absolute Gasteiger partial charge is 0.340 e. The quantitative estimate of drug-likeness (QED) is 0.366. The molecule has 0 saturated heterocycles. The van der Waals surface area contributed by atoms with Gasteiger partial charge < -0.3 is 35.1 Å². The van der Waals surface area contributed by atoms with Crippen LogP contribution in [0, 0.1) is 0 Å². The Bertz CT molecular complexity index is 1100. The minimum Gasteiger partial charge on any atom is -0.507 e. The van der Waals surface area contributed by atoms with Gasteiger partial charge in [0.05, 0.1) is 30.2 Å². The largest absolute Gasteiger partial charge is 0.507 e. The molecule has 12 nitrogen and oxygen atoms in total. The third kappa shape index (κ3) is 7.72. The van der Waals surface area contributed by atoms with Crippen molar-refractivity contribution >= 4 is 57.9 Å². The molecule has 198 valence electrons. The summed E-state index contributed by atoms with van der Waals surface area (Å²) >= 11 is 4.64. The number of aromatic hydroxyl groups is 1. The maximum atomic E-state index is 12.8. The molecule has 0 aliphatic carbocycles. The molecule has 0 fully saturated rings. The summed E-state index contributed by atoms with van der Waals surface area (Å²) in [5.74, 6) is -0.844. The van der Waals surface area contributed by atoms with Gasteiger partial charge in [-0.15, -0.1) is 12.4 Å². The lowest BCUT2D eigenvalue weighted by Gasteiger charge is -2.19. The van der Waals surface area contributed by atoms with Crippen molar-refractivity contribution in [2.75, 3.05) is 26.0 Å². The van der Waals surface area contributed by atoms with Gasteiger partial charge in [-0.3, -0.25) is 9.59 Å². The lowest BCUT2D eigenvalue weighted by atomic mass is 10.1. The van der Waals surface area contributed by atoms with E-state index in [2.05, 4.69) is 42.0 Å². The molecule has 1 atom stereocenters. The number of nitrogens with zero attached hydrogens (tertiary/aromatic N) is 2. The lowest BCUT2D eigenvalue weighted by molar-refractivity contribution is -0.128. The topological polar surface area (TPSA) is 165 Å². The van der Waals surface area contributed by atoms with Crippen LogP contribution in [0.25, 0.3) is 0 Å². The predicted molar refractivity (Wildman–Crippen MR) is 136 cm³/mol. The number of methoxy groups -OCH3 is 1. The summed E-state index contributed by atoms with van der Waals surface area (Å²) in [6, 6.07) is 0.923. The van der Waals surface area contributed by atoms with Crippen LogP contribution in [-0.4, -0.2) is 65.1 Å². The Kier molecular flexibility index (Phi) is 11.3. The van der Waals surface area contributed by atoms with Crippen molar-refractivity contribution in [1.29, 1.82) is 0 Å². The average molecular weight is 609 g/mol. The number of carbonyl (C=O) groups excluding carboxylic acids is 3. The van der Waals surface area contributed by atoms with Crippen molar-refractivity contribution in [3.8, 4) is 11.5 Å². The number of hydrogen-bond acceptors (Lipinski definition) is 11. The SMILES string of the molecule is COc1cc(O)c2c(c1Br)C(=O)OCC(=O)NCC(=O)N[C@H](c1nc(CNC(C)C)no1)CSC2.Cl. The molecule has 0 radical (unpaired) electrons. The zero-order valence-corrected chi connectivity index (χ0v) is 23.0. The number of halogens is 2. The highest BCUT2D eigenvalue weighted by Crippen LogP contribution is 2.39. The van der Waals surface area contributed by atoms with E-state index in [9.17, 15) is 19.5 Å². The van der Waals surface area contributed by atoms with Gasteiger partial charge in [-0.1, -0.05) is 19.0 Å². The maximum absolute atomic E-state index is 12.8. The molecule has 2 aromatic rings. The van der Waals surface area contributed by atoms with E-state index in [0.717, 1.165) is 0 Å². The normalized spacial score (nSPS) is 17.2. The van der Waals surface area contributed by atoms with E-state index in [1.165, 1.54) is 24.9 Å². The van der Waals surface area contributed by atoms with Gasteiger partial charge in [0, 0.05) is 29.2 Å². The Balaban J connectivity index is 0.00000456. The van der Waals surface area contributed by atoms with E-state index >= 15 is 0 Å². The number of amides is 2. The highest BCUT2D eigenvalue weighted by molar-refractivity contribution is 9.10. The number of aromatic nitrogens is 2. The van der Waals surface area contributed by atoms with Crippen LogP contribution in [0.2, 0.25) is 0 Å². The predicted octanol–water partition coefficient (Wildman–Crippen LogP) is 1.84. The zero-order chi connectivity index (χ0) is 25.5. The number of phenols is 1. The molecule has 36 heavy (non-hydrogen) atoms. The van der Waals surface area contributed by atoms with Crippen LogP contribution in [0.3, 0.4) is 0 Å². The first-order valence-corrected chi connectivity index (χ1v) is 12.6. The second kappa shape index (κ2) is 13.7. The van der Waals surface area contributed by atoms with Crippen LogP contribution in [-0.2, 0) is 26.6 Å². The Hall–Kier alpha value is -2.55. The second-order valence-electron chi connectivity index (χ2n) is 7.84. The van der Waals surface area contributed by atoms with Gasteiger partial charge in [0.2, 0.25) is 11.8 Å². The molecule has 4 N–H and O–H groups in total. The number of fused-ring (bicyclic) bond motifs is 1. The first-order chi connectivity index (χ1) is 16.7. The van der Waals surface area contributed by atoms with Crippen molar-refractivity contribution in [2.24, 2.45) is 0 Å². The van der Waals surface area contributed by atoms with Crippen LogP contribution in [0.5, 0.6) is 11.5 Å². The second-order valence-corrected chi connectivity index (χ2v) is 9.66. The molecule has 1 aromatic heterocycles. The number of thioether (sulfide) groups is 1. The van der Waals surface area contributed by atoms with E-state index in [0.29, 0.717) is 12.4 Å². The number of benzene rings is 1. The fraction of sp³-hybridized carbons (Fsp3) is 0.476. The molecule has 0 spiro atoms. The molecular weight excluding hydrogens is 582 g/mol. The Morgan fingerprint density at radius 3 is 2.78 bits per heavy atom. The number of hydrogen-bond donors (Lipinski definition) is 4. The average Bonchev–Trinajstić information content (AvgIpc) is 3.29. The van der Waals surface area contributed by atoms with Crippen molar-refractivity contribution in [3.05, 3.63) is 33.4 Å². The van der Waals surface area contributed by atoms with Gasteiger partial charge in [0.15, 0.2) is 12.4 Å². The van der Waals surface area contributed by atoms with Gasteiger partial charge in [0.1, 0.15) is 17.5 Å². The number of nitrogens with one attached hydrogen (secondary N) is 3. The van der Waals surface area contributed by atoms with Gasteiger partial charge in [-0.05, 0) is 15.9 Å². The zero-order valence-electron chi connectivity index (χ0n) is 19.8. The molecule has 1 aromatic carbocycles. The molecule has 2 amide bonds. The number of rotatable bonds is 5. The fourth-order valence-electron chi connectivity index (χ4n) is 3.07. The third-order valence-electron chi connectivity index (χ3n) is 4.84. The van der Waals surface area contributed by atoms with Crippen LogP contribution >= 0.6 is 40.1 Å². The van der Waals surface area contributed by atoms with Gasteiger partial charge >= 0.3 is 5.97 Å². The first kappa shape index (κ1) is 29.7. The van der Waals surface area contributed by atoms with Crippen LogP contribution in [0.1, 0.15) is 47.5 Å². The Labute approximate surface area is 226 Å². The summed E-state index contributed by atoms with van der Waals surface area (Å²) in [6.07, 6.45) is 0. The van der Waals surface area contributed by atoms with E-state index < -0.39 is 30.4 Å². The molecule has 1 aliphatic heterocycles. The summed E-state index contributed by atoms with van der Waals surface area (Å²) in [7, 11) is 1.39. The Morgan fingerprint density at radius 2 is 2.08 bits per heavy atom. The molecule has 3 rings (SSSR count). The van der Waals surface area contributed by atoms with E-state index in [4.69, 9.17) is 14.0 Å². The van der Waals surface area contributed by atoms with Crippen molar-refractivity contribution in [1.82, 2.24) is 26.1 Å². The molecule has 2 heterocycles. The fourth-order valence-corrected chi connectivity index (χ4v) is 4.83. The van der Waals surface area contributed by atoms with Gasteiger partial charge in [0.25, 0.3) is 5.91 Å². The summed E-state index contributed by atoms with van der Waals surface area (Å²) in [6.45, 7) is 3.43. The summed E-state index contributed by atoms with van der Waals surface area (Å²) in [5, 5.41) is 22.9. The Morgan fingerprint density at radius 1 is 1.33 bits per heavy atom. The van der Waals surface area contributed by atoms with Gasteiger partial charge in [-0.25, -0.2) is 4.79 Å². The molecule has 0 saturated carbocycles. The van der Waals surface area contributed by atoms with Crippen molar-refractivity contribution in [3.63, 3.8) is 0 Å². The molecular formula is C21H27BrClN5O7S. The van der Waals surface area contributed by atoms with Gasteiger partial charge in [-0.2, -0.15) is 16.7 Å². The van der Waals surface area contributed by atoms with Crippen molar-refractivity contribution in [2.45, 2.75) is 38.2 Å². The number of phenolic OH excluding ortho intramolecular Hbond substituents is 1. The number of esters is 1. The minimum absolute atomic E-state index is 0. The lowest BCUT2D eigenvalue weighted by Crippen LogP contribution is -2.41. The van der Waals surface area contributed by atoms with E-state index in [1.54, 1.807) is 0 Å². The number of ether oxygens (including phenoxy) is 2. The molecule has 0 bridgehead atoms. The van der Waals surface area contributed by atoms with Crippen LogP contribution in [0.4, 0.5) is 0 Å². The maximum Gasteiger partial charge on any atom is 0.340 e. The number of cyclic esters (lactones) is 1. The summed E-state index contributed by atoms with van der Waals surface area (Å²) < 4.78 is 16.0. The van der Waals surface area contributed by atoms with Crippen molar-refractivity contribution < 1.29 is 33.5 Å². The van der Waals surface area contributed by atoms with Crippen LogP contribution in [0.15, 0.2) is 15.1 Å². The highest BCUT2D eigenvalue weighted by atomic mass is 79.9. The highest BCUT2D eigenvalue weighted by Gasteiger charge is 2.27. The molecule has 15 heteroatoms. The summed E-state index contributed by atoms with van der Waals surface area (Å²) in [5.41, 5.74) is 0.321. The third-order valence-corrected chi connectivity index (χ3v) is 6.68.